The Bertz CT molecular complexity index is 575. The summed E-state index contributed by atoms with van der Waals surface area (Å²) < 4.78 is 0. The number of anilines is 2. The molecular weight excluding hydrogens is 320 g/mol. The first-order valence-corrected chi connectivity index (χ1v) is 9.00. The van der Waals surface area contributed by atoms with Crippen molar-refractivity contribution in [1.29, 1.82) is 0 Å². The zero-order chi connectivity index (χ0) is 18.8. The number of rotatable bonds is 10. The maximum atomic E-state index is 11.5. The van der Waals surface area contributed by atoms with Crippen LogP contribution in [0, 0.1) is 6.92 Å². The van der Waals surface area contributed by atoms with E-state index in [4.69, 9.17) is 0 Å². The molecule has 1 aromatic carbocycles. The second-order valence-electron chi connectivity index (χ2n) is 6.22. The number of carbonyl (C=O) groups is 2. The smallest absolute Gasteiger partial charge is 0.141 e. The third-order valence-corrected chi connectivity index (χ3v) is 4.21. The molecule has 0 fully saturated rings. The monoisotopic (exact) mass is 348 g/mol. The van der Waals surface area contributed by atoms with Crippen LogP contribution >= 0.6 is 0 Å². The number of hydrogen-bond donors (Lipinski definition) is 0. The van der Waals surface area contributed by atoms with Gasteiger partial charge in [0.05, 0.1) is 0 Å². The minimum Gasteiger partial charge on any atom is -0.530 e. The van der Waals surface area contributed by atoms with E-state index >= 15 is 0 Å². The normalized spacial score (nSPS) is 10.5. The molecule has 0 aliphatic heterocycles. The lowest BCUT2D eigenvalue weighted by atomic mass is 10.1. The molecule has 0 radical (unpaired) electrons. The van der Waals surface area contributed by atoms with E-state index < -0.39 is 12.2 Å². The maximum absolute atomic E-state index is 11.5. The van der Waals surface area contributed by atoms with Gasteiger partial charge in [-0.2, -0.15) is 0 Å². The first-order valence-electron chi connectivity index (χ1n) is 9.00. The van der Waals surface area contributed by atoms with Gasteiger partial charge in [-0.15, -0.1) is 0 Å². The summed E-state index contributed by atoms with van der Waals surface area (Å²) in [5, 5.41) is 23.0. The molecule has 140 valence electrons. The van der Waals surface area contributed by atoms with Gasteiger partial charge in [0.25, 0.3) is 0 Å². The second kappa shape index (κ2) is 10.6. The molecule has 0 saturated carbocycles. The van der Waals surface area contributed by atoms with Gasteiger partial charge in [0.2, 0.25) is 0 Å². The Balaban J connectivity index is 3.09. The van der Waals surface area contributed by atoms with Gasteiger partial charge in [-0.1, -0.05) is 45.6 Å². The van der Waals surface area contributed by atoms with Gasteiger partial charge in [0.15, 0.2) is 0 Å². The minimum atomic E-state index is -1.28. The fourth-order valence-electron chi connectivity index (χ4n) is 2.73. The largest absolute Gasteiger partial charge is 0.530 e. The van der Waals surface area contributed by atoms with Gasteiger partial charge < -0.3 is 29.6 Å². The Morgan fingerprint density at radius 2 is 1.40 bits per heavy atom. The predicted octanol–water partition coefficient (Wildman–Crippen LogP) is 2.67. The average molecular weight is 348 g/mol. The maximum Gasteiger partial charge on any atom is 0.141 e. The van der Waals surface area contributed by atoms with E-state index in [-0.39, 0.29) is 0 Å². The van der Waals surface area contributed by atoms with E-state index in [0.717, 1.165) is 49.0 Å². The number of nitrogens with zero attached hydrogens (tertiary/aromatic N) is 2. The summed E-state index contributed by atoms with van der Waals surface area (Å²) in [5.74, 6) is 0. The summed E-state index contributed by atoms with van der Waals surface area (Å²) >= 11 is 0. The standard InChI is InChI=1S/C19H30N2O4/c1-4-6-8-12-20(18(22)23)16-11-10-15(3)17(14-16)21(19(24)25)13-9-7-5-2/h10-11,14H,4-9,12-13H2,1-3H3,(H,22,23)(H,24,25)/p-2. The number of hydrogen-bond acceptors (Lipinski definition) is 4. The SMILES string of the molecule is CCCCCN(C(=O)[O-])c1ccc(C)c(N(CCCCC)C(=O)[O-])c1. The number of carbonyl (C=O) groups excluding carboxylic acids is 2. The van der Waals surface area contributed by atoms with Crippen molar-refractivity contribution in [1.82, 2.24) is 0 Å². The third kappa shape index (κ3) is 6.29. The second-order valence-corrected chi connectivity index (χ2v) is 6.22. The molecule has 6 heteroatoms. The van der Waals surface area contributed by atoms with Crippen LogP contribution in [-0.2, 0) is 0 Å². The molecule has 1 rings (SSSR count). The molecule has 0 bridgehead atoms. The lowest BCUT2D eigenvalue weighted by Crippen LogP contribution is -2.43. The summed E-state index contributed by atoms with van der Waals surface area (Å²) in [6.07, 6.45) is 2.71. The van der Waals surface area contributed by atoms with Crippen LogP contribution in [0.2, 0.25) is 0 Å². The highest BCUT2D eigenvalue weighted by molar-refractivity contribution is 5.90. The van der Waals surface area contributed by atoms with E-state index in [1.165, 1.54) is 4.90 Å². The van der Waals surface area contributed by atoms with Crippen LogP contribution in [-0.4, -0.2) is 25.3 Å². The van der Waals surface area contributed by atoms with E-state index in [2.05, 4.69) is 0 Å². The number of carboxylic acid groups (broad SMARTS) is 2. The van der Waals surface area contributed by atoms with Crippen LogP contribution in [0.3, 0.4) is 0 Å². The van der Waals surface area contributed by atoms with Gasteiger partial charge >= 0.3 is 0 Å². The zero-order valence-electron chi connectivity index (χ0n) is 15.4. The molecule has 0 atom stereocenters. The van der Waals surface area contributed by atoms with E-state index in [1.807, 2.05) is 13.8 Å². The summed E-state index contributed by atoms with van der Waals surface area (Å²) in [4.78, 5) is 25.4. The Labute approximate surface area is 150 Å². The summed E-state index contributed by atoms with van der Waals surface area (Å²) in [6.45, 7) is 6.56. The summed E-state index contributed by atoms with van der Waals surface area (Å²) in [6, 6.07) is 5.01. The Morgan fingerprint density at radius 3 is 1.88 bits per heavy atom. The van der Waals surface area contributed by atoms with Crippen molar-refractivity contribution < 1.29 is 19.8 Å². The molecule has 2 amide bonds. The minimum absolute atomic E-state index is 0.333. The Morgan fingerprint density at radius 1 is 0.880 bits per heavy atom. The highest BCUT2D eigenvalue weighted by Crippen LogP contribution is 2.27. The van der Waals surface area contributed by atoms with Crippen LogP contribution in [0.25, 0.3) is 0 Å². The number of unbranched alkanes of at least 4 members (excludes halogenated alkanes) is 4. The fourth-order valence-corrected chi connectivity index (χ4v) is 2.73. The average Bonchev–Trinajstić information content (AvgIpc) is 2.56. The quantitative estimate of drug-likeness (QED) is 0.608. The lowest BCUT2D eigenvalue weighted by Gasteiger charge is -2.30. The molecular formula is C19H28N2O4-2. The third-order valence-electron chi connectivity index (χ3n) is 4.21. The molecule has 0 heterocycles. The van der Waals surface area contributed by atoms with E-state index in [9.17, 15) is 19.8 Å². The Kier molecular flexibility index (Phi) is 8.81. The van der Waals surface area contributed by atoms with Gasteiger partial charge in [0.1, 0.15) is 12.2 Å². The molecule has 0 aromatic heterocycles. The molecule has 0 aliphatic rings. The van der Waals surface area contributed by atoms with Crippen LogP contribution in [0.5, 0.6) is 0 Å². The molecule has 1 aromatic rings. The fraction of sp³-hybridized carbons (Fsp3) is 0.579. The topological polar surface area (TPSA) is 86.7 Å². The van der Waals surface area contributed by atoms with Gasteiger partial charge in [-0.25, -0.2) is 0 Å². The molecule has 25 heavy (non-hydrogen) atoms. The van der Waals surface area contributed by atoms with Crippen LogP contribution in [0.1, 0.15) is 57.9 Å². The lowest BCUT2D eigenvalue weighted by molar-refractivity contribution is -0.247. The molecule has 0 spiro atoms. The van der Waals surface area contributed by atoms with E-state index in [1.54, 1.807) is 25.1 Å². The highest BCUT2D eigenvalue weighted by Gasteiger charge is 2.14. The van der Waals surface area contributed by atoms with Crippen molar-refractivity contribution >= 4 is 23.6 Å². The number of benzene rings is 1. The van der Waals surface area contributed by atoms with Crippen LogP contribution in [0.4, 0.5) is 21.0 Å². The van der Waals surface area contributed by atoms with Crippen LogP contribution < -0.4 is 20.0 Å². The highest BCUT2D eigenvalue weighted by atomic mass is 16.4. The molecule has 0 N–H and O–H groups in total. The Hall–Kier alpha value is -2.24. The van der Waals surface area contributed by atoms with Crippen molar-refractivity contribution in [3.8, 4) is 0 Å². The zero-order valence-corrected chi connectivity index (χ0v) is 15.4. The van der Waals surface area contributed by atoms with Crippen molar-refractivity contribution in [2.75, 3.05) is 22.9 Å². The van der Waals surface area contributed by atoms with Gasteiger partial charge in [0, 0.05) is 24.5 Å². The molecule has 6 nitrogen and oxygen atoms in total. The number of amides is 2. The molecule has 0 aliphatic carbocycles. The van der Waals surface area contributed by atoms with Gasteiger partial charge in [-0.05, 0) is 37.5 Å². The van der Waals surface area contributed by atoms with Crippen molar-refractivity contribution in [3.05, 3.63) is 23.8 Å². The van der Waals surface area contributed by atoms with Crippen molar-refractivity contribution in [2.45, 2.75) is 59.3 Å². The molecule has 0 unspecified atom stereocenters. The molecule has 0 saturated heterocycles. The van der Waals surface area contributed by atoms with E-state index in [0.29, 0.717) is 24.5 Å². The number of aryl methyl sites for hydroxylation is 1. The van der Waals surface area contributed by atoms with Crippen molar-refractivity contribution in [3.63, 3.8) is 0 Å². The summed E-state index contributed by atoms with van der Waals surface area (Å²) in [7, 11) is 0. The van der Waals surface area contributed by atoms with Crippen LogP contribution in [0.15, 0.2) is 18.2 Å². The van der Waals surface area contributed by atoms with Crippen molar-refractivity contribution in [2.24, 2.45) is 0 Å². The summed E-state index contributed by atoms with van der Waals surface area (Å²) in [5.41, 5.74) is 1.66. The van der Waals surface area contributed by atoms with Gasteiger partial charge in [-0.3, -0.25) is 0 Å². The first kappa shape index (κ1) is 20.8. The first-order chi connectivity index (χ1) is 11.9. The predicted molar refractivity (Wildman–Crippen MR) is 95.7 cm³/mol.